The van der Waals surface area contributed by atoms with Crippen LogP contribution < -0.4 is 11.1 Å². The van der Waals surface area contributed by atoms with Crippen molar-refractivity contribution in [1.82, 2.24) is 5.32 Å². The maximum absolute atomic E-state index is 11.6. The lowest BCUT2D eigenvalue weighted by molar-refractivity contribution is -0.122. The highest BCUT2D eigenvalue weighted by Crippen LogP contribution is 2.16. The van der Waals surface area contributed by atoms with Gasteiger partial charge in [0, 0.05) is 19.1 Å². The van der Waals surface area contributed by atoms with Gasteiger partial charge in [-0.15, -0.1) is 0 Å². The topological polar surface area (TPSA) is 64.3 Å². The minimum absolute atomic E-state index is 0.135. The summed E-state index contributed by atoms with van der Waals surface area (Å²) in [6.45, 7) is 3.56. The Bertz CT molecular complexity index is 203. The maximum atomic E-state index is 11.6. The van der Waals surface area contributed by atoms with E-state index in [1.807, 2.05) is 0 Å². The second kappa shape index (κ2) is 7.63. The quantitative estimate of drug-likeness (QED) is 0.688. The van der Waals surface area contributed by atoms with Gasteiger partial charge in [-0.3, -0.25) is 4.79 Å². The van der Waals surface area contributed by atoms with E-state index in [0.29, 0.717) is 19.1 Å². The molecule has 1 heterocycles. The van der Waals surface area contributed by atoms with Crippen LogP contribution in [0.2, 0.25) is 0 Å². The molecule has 4 heteroatoms. The van der Waals surface area contributed by atoms with Crippen molar-refractivity contribution in [3.63, 3.8) is 0 Å². The number of hydrogen-bond acceptors (Lipinski definition) is 3. The molecule has 0 aromatic heterocycles. The largest absolute Gasteiger partial charge is 0.378 e. The first-order valence-corrected chi connectivity index (χ1v) is 6.37. The Morgan fingerprint density at radius 1 is 1.62 bits per heavy atom. The fourth-order valence-electron chi connectivity index (χ4n) is 2.04. The molecule has 0 aromatic rings. The lowest BCUT2D eigenvalue weighted by Crippen LogP contribution is -2.36. The molecular weight excluding hydrogens is 204 g/mol. The molecule has 0 radical (unpaired) electrons. The molecule has 4 nitrogen and oxygen atoms in total. The van der Waals surface area contributed by atoms with E-state index in [2.05, 4.69) is 12.2 Å². The zero-order chi connectivity index (χ0) is 11.8. The van der Waals surface area contributed by atoms with Crippen molar-refractivity contribution < 1.29 is 9.53 Å². The third-order valence-electron chi connectivity index (χ3n) is 3.09. The molecule has 1 fully saturated rings. The van der Waals surface area contributed by atoms with Crippen molar-refractivity contribution in [2.45, 2.75) is 57.6 Å². The summed E-state index contributed by atoms with van der Waals surface area (Å²) in [5, 5.41) is 3.02. The molecule has 1 rings (SSSR count). The standard InChI is InChI=1S/C12H24N2O2/c1-2-10(7-8-13)14-12(15)6-5-11-4-3-9-16-11/h10-11H,2-9,13H2,1H3,(H,14,15). The third kappa shape index (κ3) is 4.94. The molecule has 1 saturated heterocycles. The average Bonchev–Trinajstić information content (AvgIpc) is 2.78. The molecule has 2 atom stereocenters. The number of carbonyl (C=O) groups excluding carboxylic acids is 1. The summed E-state index contributed by atoms with van der Waals surface area (Å²) in [4.78, 5) is 11.6. The molecular formula is C12H24N2O2. The Kier molecular flexibility index (Phi) is 6.42. The first kappa shape index (κ1) is 13.5. The van der Waals surface area contributed by atoms with Crippen LogP contribution in [-0.2, 0) is 9.53 Å². The summed E-state index contributed by atoms with van der Waals surface area (Å²) >= 11 is 0. The second-order valence-corrected chi connectivity index (χ2v) is 4.42. The van der Waals surface area contributed by atoms with Crippen LogP contribution in [0.25, 0.3) is 0 Å². The van der Waals surface area contributed by atoms with Gasteiger partial charge < -0.3 is 15.8 Å². The van der Waals surface area contributed by atoms with E-state index < -0.39 is 0 Å². The minimum Gasteiger partial charge on any atom is -0.378 e. The highest BCUT2D eigenvalue weighted by Gasteiger charge is 2.17. The summed E-state index contributed by atoms with van der Waals surface area (Å²) in [6.07, 6.45) is 5.78. The third-order valence-corrected chi connectivity index (χ3v) is 3.09. The van der Waals surface area contributed by atoms with Gasteiger partial charge in [-0.25, -0.2) is 0 Å². The summed E-state index contributed by atoms with van der Waals surface area (Å²) in [7, 11) is 0. The number of amides is 1. The summed E-state index contributed by atoms with van der Waals surface area (Å²) in [5.41, 5.74) is 5.48. The number of hydrogen-bond donors (Lipinski definition) is 2. The number of nitrogens with one attached hydrogen (secondary N) is 1. The molecule has 3 N–H and O–H groups in total. The highest BCUT2D eigenvalue weighted by molar-refractivity contribution is 5.76. The van der Waals surface area contributed by atoms with E-state index >= 15 is 0 Å². The molecule has 0 spiro atoms. The molecule has 0 aliphatic carbocycles. The van der Waals surface area contributed by atoms with Gasteiger partial charge in [0.1, 0.15) is 0 Å². The minimum atomic E-state index is 0.135. The van der Waals surface area contributed by atoms with Gasteiger partial charge in [0.15, 0.2) is 0 Å². The molecule has 2 unspecified atom stereocenters. The van der Waals surface area contributed by atoms with Gasteiger partial charge in [0.05, 0.1) is 6.10 Å². The van der Waals surface area contributed by atoms with Crippen LogP contribution in [0.3, 0.4) is 0 Å². The molecule has 0 aromatic carbocycles. The van der Waals surface area contributed by atoms with E-state index in [0.717, 1.165) is 38.7 Å². The Labute approximate surface area is 97.9 Å². The van der Waals surface area contributed by atoms with Gasteiger partial charge in [0.25, 0.3) is 0 Å². The Hall–Kier alpha value is -0.610. The van der Waals surface area contributed by atoms with Gasteiger partial charge in [-0.2, -0.15) is 0 Å². The molecule has 1 amide bonds. The highest BCUT2D eigenvalue weighted by atomic mass is 16.5. The van der Waals surface area contributed by atoms with Crippen molar-refractivity contribution in [2.75, 3.05) is 13.2 Å². The maximum Gasteiger partial charge on any atom is 0.220 e. The summed E-state index contributed by atoms with van der Waals surface area (Å²) in [6, 6.07) is 0.238. The number of nitrogens with two attached hydrogens (primary N) is 1. The molecule has 16 heavy (non-hydrogen) atoms. The molecule has 94 valence electrons. The first-order valence-electron chi connectivity index (χ1n) is 6.37. The molecule has 1 aliphatic heterocycles. The molecule has 1 aliphatic rings. The van der Waals surface area contributed by atoms with Gasteiger partial charge in [-0.1, -0.05) is 6.92 Å². The molecule has 0 bridgehead atoms. The smallest absolute Gasteiger partial charge is 0.220 e. The fourth-order valence-corrected chi connectivity index (χ4v) is 2.04. The average molecular weight is 228 g/mol. The predicted octanol–water partition coefficient (Wildman–Crippen LogP) is 1.19. The van der Waals surface area contributed by atoms with Crippen molar-refractivity contribution in [2.24, 2.45) is 5.73 Å². The number of carbonyl (C=O) groups is 1. The number of ether oxygens (including phenoxy) is 1. The van der Waals surface area contributed by atoms with Crippen LogP contribution in [0.4, 0.5) is 0 Å². The van der Waals surface area contributed by atoms with E-state index in [1.165, 1.54) is 0 Å². The predicted molar refractivity (Wildman–Crippen MR) is 64.1 cm³/mol. The lowest BCUT2D eigenvalue weighted by Gasteiger charge is -2.16. The second-order valence-electron chi connectivity index (χ2n) is 4.42. The van der Waals surface area contributed by atoms with E-state index in [9.17, 15) is 4.79 Å². The van der Waals surface area contributed by atoms with Crippen LogP contribution in [0.15, 0.2) is 0 Å². The van der Waals surface area contributed by atoms with Crippen LogP contribution in [0.1, 0.15) is 45.4 Å². The van der Waals surface area contributed by atoms with Crippen LogP contribution in [0, 0.1) is 0 Å². The Morgan fingerprint density at radius 2 is 2.44 bits per heavy atom. The Balaban J connectivity index is 2.13. The first-order chi connectivity index (χ1) is 7.76. The molecule has 0 saturated carbocycles. The van der Waals surface area contributed by atoms with Gasteiger partial charge in [-0.05, 0) is 38.6 Å². The van der Waals surface area contributed by atoms with Gasteiger partial charge in [0.2, 0.25) is 5.91 Å². The number of rotatable bonds is 7. The van der Waals surface area contributed by atoms with Crippen molar-refractivity contribution >= 4 is 5.91 Å². The zero-order valence-corrected chi connectivity index (χ0v) is 10.2. The van der Waals surface area contributed by atoms with E-state index in [1.54, 1.807) is 0 Å². The monoisotopic (exact) mass is 228 g/mol. The SMILES string of the molecule is CCC(CCN)NC(=O)CCC1CCCO1. The van der Waals surface area contributed by atoms with Gasteiger partial charge >= 0.3 is 0 Å². The summed E-state index contributed by atoms with van der Waals surface area (Å²) in [5.74, 6) is 0.135. The van der Waals surface area contributed by atoms with Crippen molar-refractivity contribution in [3.05, 3.63) is 0 Å². The van der Waals surface area contributed by atoms with Crippen LogP contribution in [-0.4, -0.2) is 31.2 Å². The fraction of sp³-hybridized carbons (Fsp3) is 0.917. The van der Waals surface area contributed by atoms with Crippen molar-refractivity contribution in [1.29, 1.82) is 0 Å². The Morgan fingerprint density at radius 3 is 3.00 bits per heavy atom. The normalized spacial score (nSPS) is 22.0. The van der Waals surface area contributed by atoms with E-state index in [4.69, 9.17) is 10.5 Å². The lowest BCUT2D eigenvalue weighted by atomic mass is 10.1. The van der Waals surface area contributed by atoms with Crippen LogP contribution >= 0.6 is 0 Å². The van der Waals surface area contributed by atoms with Crippen LogP contribution in [0.5, 0.6) is 0 Å². The summed E-state index contributed by atoms with van der Waals surface area (Å²) < 4.78 is 5.48. The van der Waals surface area contributed by atoms with E-state index in [-0.39, 0.29) is 11.9 Å². The zero-order valence-electron chi connectivity index (χ0n) is 10.2. The van der Waals surface area contributed by atoms with Crippen molar-refractivity contribution in [3.8, 4) is 0 Å².